The van der Waals surface area contributed by atoms with Gasteiger partial charge in [0.1, 0.15) is 5.82 Å². The van der Waals surface area contributed by atoms with Gasteiger partial charge in [0.2, 0.25) is 0 Å². The van der Waals surface area contributed by atoms with E-state index in [1.165, 1.54) is 42.6 Å². The van der Waals surface area contributed by atoms with Crippen LogP contribution < -0.4 is 0 Å². The lowest BCUT2D eigenvalue weighted by Gasteiger charge is -2.12. The molecule has 1 nitrogen and oxygen atoms in total. The monoisotopic (exact) mass is 279 g/mol. The standard InChI is InChI=1S/C15H9F4N/c16-9-5-6-14-11(7-9)12(8-20-14)10-3-1-2-4-13(10)15(17,18)19/h1-8,20H. The van der Waals surface area contributed by atoms with Gasteiger partial charge in [0.05, 0.1) is 5.56 Å². The Kier molecular flexibility index (Phi) is 2.78. The van der Waals surface area contributed by atoms with Crippen molar-refractivity contribution in [3.05, 3.63) is 60.0 Å². The van der Waals surface area contributed by atoms with Crippen LogP contribution in [0.3, 0.4) is 0 Å². The van der Waals surface area contributed by atoms with E-state index in [2.05, 4.69) is 4.98 Å². The van der Waals surface area contributed by atoms with Crippen LogP contribution in [0.2, 0.25) is 0 Å². The zero-order chi connectivity index (χ0) is 14.3. The molecule has 0 atom stereocenters. The van der Waals surface area contributed by atoms with Crippen LogP contribution in [0, 0.1) is 5.82 Å². The Morgan fingerprint density at radius 3 is 2.40 bits per heavy atom. The molecule has 0 bridgehead atoms. The second kappa shape index (κ2) is 4.37. The van der Waals surface area contributed by atoms with Crippen LogP contribution >= 0.6 is 0 Å². The summed E-state index contributed by atoms with van der Waals surface area (Å²) in [4.78, 5) is 2.86. The van der Waals surface area contributed by atoms with Gasteiger partial charge in [0, 0.05) is 22.7 Å². The average Bonchev–Trinajstić information content (AvgIpc) is 2.80. The average molecular weight is 279 g/mol. The summed E-state index contributed by atoms with van der Waals surface area (Å²) in [6.07, 6.45) is -2.98. The maximum Gasteiger partial charge on any atom is 0.417 e. The second-order valence-electron chi connectivity index (χ2n) is 4.44. The van der Waals surface area contributed by atoms with Crippen molar-refractivity contribution in [1.29, 1.82) is 0 Å². The molecule has 0 aliphatic rings. The van der Waals surface area contributed by atoms with E-state index in [4.69, 9.17) is 0 Å². The molecule has 5 heteroatoms. The van der Waals surface area contributed by atoms with Gasteiger partial charge < -0.3 is 4.98 Å². The SMILES string of the molecule is Fc1ccc2[nH]cc(-c3ccccc3C(F)(F)F)c2c1. The highest BCUT2D eigenvalue weighted by molar-refractivity contribution is 5.96. The summed E-state index contributed by atoms with van der Waals surface area (Å²) < 4.78 is 52.4. The molecule has 0 unspecified atom stereocenters. The molecule has 0 fully saturated rings. The van der Waals surface area contributed by atoms with E-state index in [0.717, 1.165) is 6.07 Å². The molecule has 3 aromatic rings. The van der Waals surface area contributed by atoms with Crippen LogP contribution in [-0.2, 0) is 6.18 Å². The van der Waals surface area contributed by atoms with Crippen molar-refractivity contribution in [2.75, 3.05) is 0 Å². The van der Waals surface area contributed by atoms with Crippen LogP contribution in [0.4, 0.5) is 17.6 Å². The number of hydrogen-bond acceptors (Lipinski definition) is 0. The van der Waals surface area contributed by atoms with Gasteiger partial charge >= 0.3 is 6.18 Å². The van der Waals surface area contributed by atoms with E-state index in [-0.39, 0.29) is 5.56 Å². The summed E-state index contributed by atoms with van der Waals surface area (Å²) >= 11 is 0. The van der Waals surface area contributed by atoms with Crippen molar-refractivity contribution in [1.82, 2.24) is 4.98 Å². The number of rotatable bonds is 1. The molecule has 0 amide bonds. The van der Waals surface area contributed by atoms with Gasteiger partial charge in [-0.1, -0.05) is 18.2 Å². The maximum absolute atomic E-state index is 13.3. The lowest BCUT2D eigenvalue weighted by molar-refractivity contribution is -0.137. The number of aromatic nitrogens is 1. The Morgan fingerprint density at radius 1 is 0.900 bits per heavy atom. The van der Waals surface area contributed by atoms with Crippen molar-refractivity contribution < 1.29 is 17.6 Å². The van der Waals surface area contributed by atoms with Crippen LogP contribution in [0.15, 0.2) is 48.7 Å². The van der Waals surface area contributed by atoms with Crippen molar-refractivity contribution >= 4 is 10.9 Å². The quantitative estimate of drug-likeness (QED) is 0.604. The molecule has 0 aliphatic heterocycles. The Bertz CT molecular complexity index is 771. The molecule has 1 aromatic heterocycles. The number of benzene rings is 2. The first kappa shape index (κ1) is 12.7. The molecular formula is C15H9F4N. The normalized spacial score (nSPS) is 12.0. The van der Waals surface area contributed by atoms with E-state index < -0.39 is 17.6 Å². The van der Waals surface area contributed by atoms with Crippen LogP contribution in [0.25, 0.3) is 22.0 Å². The predicted molar refractivity (Wildman–Crippen MR) is 68.7 cm³/mol. The molecule has 102 valence electrons. The van der Waals surface area contributed by atoms with Crippen molar-refractivity contribution in [2.45, 2.75) is 6.18 Å². The number of aromatic amines is 1. The first-order chi connectivity index (χ1) is 9.47. The van der Waals surface area contributed by atoms with E-state index in [9.17, 15) is 17.6 Å². The van der Waals surface area contributed by atoms with Crippen LogP contribution in [-0.4, -0.2) is 4.98 Å². The smallest absolute Gasteiger partial charge is 0.361 e. The van der Waals surface area contributed by atoms with Gasteiger partial charge in [0.15, 0.2) is 0 Å². The highest BCUT2D eigenvalue weighted by Gasteiger charge is 2.33. The summed E-state index contributed by atoms with van der Waals surface area (Å²) in [5, 5.41) is 0.432. The lowest BCUT2D eigenvalue weighted by atomic mass is 9.99. The molecule has 0 radical (unpaired) electrons. The van der Waals surface area contributed by atoms with Crippen molar-refractivity contribution in [3.63, 3.8) is 0 Å². The van der Waals surface area contributed by atoms with Gasteiger partial charge in [-0.15, -0.1) is 0 Å². The Morgan fingerprint density at radius 2 is 1.65 bits per heavy atom. The summed E-state index contributed by atoms with van der Waals surface area (Å²) in [5.41, 5.74) is 0.243. The number of H-pyrrole nitrogens is 1. The molecule has 3 rings (SSSR count). The minimum Gasteiger partial charge on any atom is -0.361 e. The predicted octanol–water partition coefficient (Wildman–Crippen LogP) is 4.99. The highest BCUT2D eigenvalue weighted by atomic mass is 19.4. The fraction of sp³-hybridized carbons (Fsp3) is 0.0667. The number of fused-ring (bicyclic) bond motifs is 1. The van der Waals surface area contributed by atoms with Crippen LogP contribution in [0.5, 0.6) is 0 Å². The third-order valence-corrected chi connectivity index (χ3v) is 3.17. The minimum absolute atomic E-state index is 0.0388. The van der Waals surface area contributed by atoms with Gasteiger partial charge in [-0.25, -0.2) is 4.39 Å². The molecule has 0 spiro atoms. The van der Waals surface area contributed by atoms with Gasteiger partial charge in [-0.2, -0.15) is 13.2 Å². The summed E-state index contributed by atoms with van der Waals surface area (Å²) in [7, 11) is 0. The number of halogens is 4. The lowest BCUT2D eigenvalue weighted by Crippen LogP contribution is -2.06. The Labute approximate surface area is 111 Å². The van der Waals surface area contributed by atoms with Crippen molar-refractivity contribution in [2.24, 2.45) is 0 Å². The zero-order valence-corrected chi connectivity index (χ0v) is 10.1. The number of alkyl halides is 3. The molecule has 0 saturated heterocycles. The van der Waals surface area contributed by atoms with E-state index in [1.54, 1.807) is 0 Å². The highest BCUT2D eigenvalue weighted by Crippen LogP contribution is 2.39. The Hall–Kier alpha value is -2.30. The van der Waals surface area contributed by atoms with Gasteiger partial charge in [-0.3, -0.25) is 0 Å². The molecule has 1 heterocycles. The van der Waals surface area contributed by atoms with Gasteiger partial charge in [0.25, 0.3) is 0 Å². The topological polar surface area (TPSA) is 15.8 Å². The summed E-state index contributed by atoms with van der Waals surface area (Å²) in [5.74, 6) is -0.483. The molecule has 0 aliphatic carbocycles. The second-order valence-corrected chi connectivity index (χ2v) is 4.44. The number of hydrogen-bond donors (Lipinski definition) is 1. The molecule has 1 N–H and O–H groups in total. The van der Waals surface area contributed by atoms with E-state index in [0.29, 0.717) is 16.5 Å². The van der Waals surface area contributed by atoms with E-state index >= 15 is 0 Å². The molecule has 0 saturated carbocycles. The van der Waals surface area contributed by atoms with Crippen molar-refractivity contribution in [3.8, 4) is 11.1 Å². The summed E-state index contributed by atoms with van der Waals surface area (Å²) in [6.45, 7) is 0. The van der Waals surface area contributed by atoms with E-state index in [1.807, 2.05) is 0 Å². The first-order valence-electron chi connectivity index (χ1n) is 5.90. The zero-order valence-electron chi connectivity index (χ0n) is 10.1. The third-order valence-electron chi connectivity index (χ3n) is 3.17. The first-order valence-corrected chi connectivity index (χ1v) is 5.90. The largest absolute Gasteiger partial charge is 0.417 e. The summed E-state index contributed by atoms with van der Waals surface area (Å²) in [6, 6.07) is 9.27. The fourth-order valence-electron chi connectivity index (χ4n) is 2.28. The third kappa shape index (κ3) is 2.05. The molecule has 20 heavy (non-hydrogen) atoms. The number of nitrogens with one attached hydrogen (secondary N) is 1. The molecule has 2 aromatic carbocycles. The minimum atomic E-state index is -4.45. The van der Waals surface area contributed by atoms with Crippen LogP contribution in [0.1, 0.15) is 5.56 Å². The van der Waals surface area contributed by atoms with Gasteiger partial charge in [-0.05, 0) is 29.8 Å². The Balaban J connectivity index is 2.29. The molecular weight excluding hydrogens is 270 g/mol. The fourth-order valence-corrected chi connectivity index (χ4v) is 2.28. The maximum atomic E-state index is 13.3.